The van der Waals surface area contributed by atoms with Crippen molar-refractivity contribution in [2.24, 2.45) is 12.5 Å². The van der Waals surface area contributed by atoms with E-state index in [1.165, 1.54) is 12.3 Å². The van der Waals surface area contributed by atoms with Crippen LogP contribution in [-0.2, 0) is 13.6 Å². The Balaban J connectivity index is 1.76. The fraction of sp³-hybridized carbons (Fsp3) is 0.389. The lowest BCUT2D eigenvalue weighted by Crippen LogP contribution is -2.26. The predicted molar refractivity (Wildman–Crippen MR) is 96.3 cm³/mol. The summed E-state index contributed by atoms with van der Waals surface area (Å²) in [7, 11) is 1.86. The molecule has 0 radical (unpaired) electrons. The molecule has 0 spiro atoms. The summed E-state index contributed by atoms with van der Waals surface area (Å²) in [6.45, 7) is 8.32. The van der Waals surface area contributed by atoms with Crippen molar-refractivity contribution in [3.05, 3.63) is 41.8 Å². The number of amides is 1. The monoisotopic (exact) mass is 341 g/mol. The normalized spacial score (nSPS) is 11.8. The van der Waals surface area contributed by atoms with E-state index in [9.17, 15) is 4.79 Å². The van der Waals surface area contributed by atoms with Crippen molar-refractivity contribution >= 4 is 22.9 Å². The van der Waals surface area contributed by atoms with E-state index in [4.69, 9.17) is 4.52 Å². The molecule has 25 heavy (non-hydrogen) atoms. The SMILES string of the molecule is Cn1c(NC(=O)c2ccno2)nc2cc(CNCC(C)(C)C)ccc21. The number of aryl methyl sites for hydroxylation is 1. The van der Waals surface area contributed by atoms with Gasteiger partial charge in [-0.3, -0.25) is 10.1 Å². The van der Waals surface area contributed by atoms with Crippen LogP contribution in [-0.4, -0.2) is 27.2 Å². The second-order valence-corrected chi connectivity index (χ2v) is 7.31. The van der Waals surface area contributed by atoms with E-state index in [2.05, 4.69) is 47.6 Å². The van der Waals surface area contributed by atoms with Crippen LogP contribution in [0.5, 0.6) is 0 Å². The number of nitrogens with one attached hydrogen (secondary N) is 2. The molecule has 0 aliphatic rings. The Hall–Kier alpha value is -2.67. The van der Waals surface area contributed by atoms with Crippen molar-refractivity contribution in [3.8, 4) is 0 Å². The molecule has 7 heteroatoms. The topological polar surface area (TPSA) is 85.0 Å². The third-order valence-electron chi connectivity index (χ3n) is 3.82. The maximum absolute atomic E-state index is 12.1. The number of hydrogen-bond donors (Lipinski definition) is 2. The van der Waals surface area contributed by atoms with Crippen LogP contribution in [0.15, 0.2) is 35.0 Å². The standard InChI is InChI=1S/C18H23N5O2/c1-18(2,3)11-19-10-12-5-6-14-13(9-12)21-17(23(14)4)22-16(24)15-7-8-20-25-15/h5-9,19H,10-11H2,1-4H3,(H,21,22,24). The third kappa shape index (κ3) is 4.06. The van der Waals surface area contributed by atoms with Crippen LogP contribution in [0.4, 0.5) is 5.95 Å². The molecule has 2 aromatic heterocycles. The summed E-state index contributed by atoms with van der Waals surface area (Å²) >= 11 is 0. The second kappa shape index (κ2) is 6.68. The molecule has 0 aliphatic carbocycles. The van der Waals surface area contributed by atoms with Crippen molar-refractivity contribution in [2.45, 2.75) is 27.3 Å². The average Bonchev–Trinajstić information content (AvgIpc) is 3.15. The number of aromatic nitrogens is 3. The maximum atomic E-state index is 12.1. The summed E-state index contributed by atoms with van der Waals surface area (Å²) in [6, 6.07) is 7.63. The van der Waals surface area contributed by atoms with E-state index in [-0.39, 0.29) is 17.1 Å². The van der Waals surface area contributed by atoms with Crippen LogP contribution >= 0.6 is 0 Å². The van der Waals surface area contributed by atoms with E-state index < -0.39 is 0 Å². The Morgan fingerprint density at radius 1 is 1.28 bits per heavy atom. The summed E-state index contributed by atoms with van der Waals surface area (Å²) in [5.74, 6) is 0.248. The lowest BCUT2D eigenvalue weighted by Gasteiger charge is -2.18. The Bertz CT molecular complexity index is 875. The number of anilines is 1. The largest absolute Gasteiger partial charge is 0.351 e. The number of benzene rings is 1. The van der Waals surface area contributed by atoms with E-state index >= 15 is 0 Å². The average molecular weight is 341 g/mol. The predicted octanol–water partition coefficient (Wildman–Crippen LogP) is 2.95. The van der Waals surface area contributed by atoms with Gasteiger partial charge in [-0.25, -0.2) is 4.98 Å². The molecule has 2 N–H and O–H groups in total. The fourth-order valence-electron chi connectivity index (χ4n) is 2.55. The zero-order valence-corrected chi connectivity index (χ0v) is 15.0. The lowest BCUT2D eigenvalue weighted by molar-refractivity contribution is 0.0986. The molecule has 0 saturated heterocycles. The Kier molecular flexibility index (Phi) is 4.59. The number of carbonyl (C=O) groups is 1. The number of hydrogen-bond acceptors (Lipinski definition) is 5. The van der Waals surface area contributed by atoms with Crippen LogP contribution in [0.2, 0.25) is 0 Å². The number of fused-ring (bicyclic) bond motifs is 1. The van der Waals surface area contributed by atoms with E-state index in [1.807, 2.05) is 23.7 Å². The van der Waals surface area contributed by atoms with Gasteiger partial charge in [0.15, 0.2) is 0 Å². The van der Waals surface area contributed by atoms with Gasteiger partial charge in [0.1, 0.15) is 0 Å². The second-order valence-electron chi connectivity index (χ2n) is 7.31. The van der Waals surface area contributed by atoms with Gasteiger partial charge in [-0.2, -0.15) is 0 Å². The zero-order chi connectivity index (χ0) is 18.0. The summed E-state index contributed by atoms with van der Waals surface area (Å²) in [4.78, 5) is 16.6. The van der Waals surface area contributed by atoms with Crippen molar-refractivity contribution in [2.75, 3.05) is 11.9 Å². The summed E-state index contributed by atoms with van der Waals surface area (Å²) < 4.78 is 6.71. The van der Waals surface area contributed by atoms with Gasteiger partial charge in [-0.05, 0) is 23.1 Å². The highest BCUT2D eigenvalue weighted by Gasteiger charge is 2.15. The lowest BCUT2D eigenvalue weighted by atomic mass is 9.97. The number of imidazole rings is 1. The van der Waals surface area contributed by atoms with Crippen LogP contribution in [0.3, 0.4) is 0 Å². The first-order valence-electron chi connectivity index (χ1n) is 8.21. The van der Waals surface area contributed by atoms with Gasteiger partial charge in [0.25, 0.3) is 5.91 Å². The van der Waals surface area contributed by atoms with Crippen LogP contribution in [0.1, 0.15) is 36.9 Å². The van der Waals surface area contributed by atoms with Crippen LogP contribution in [0.25, 0.3) is 11.0 Å². The van der Waals surface area contributed by atoms with Gasteiger partial charge in [-0.1, -0.05) is 32.0 Å². The first kappa shape index (κ1) is 17.2. The van der Waals surface area contributed by atoms with Crippen LogP contribution in [0, 0.1) is 5.41 Å². The van der Waals surface area contributed by atoms with Gasteiger partial charge in [0.2, 0.25) is 11.7 Å². The quantitative estimate of drug-likeness (QED) is 0.745. The molecule has 0 fully saturated rings. The molecule has 2 heterocycles. The molecular weight excluding hydrogens is 318 g/mol. The Labute approximate surface area is 146 Å². The molecule has 0 atom stereocenters. The molecule has 0 saturated carbocycles. The Morgan fingerprint density at radius 3 is 2.76 bits per heavy atom. The van der Waals surface area contributed by atoms with Crippen LogP contribution < -0.4 is 10.6 Å². The highest BCUT2D eigenvalue weighted by molar-refractivity contribution is 6.02. The first-order chi connectivity index (χ1) is 11.8. The molecule has 0 aliphatic heterocycles. The molecule has 0 unspecified atom stereocenters. The molecule has 132 valence electrons. The Morgan fingerprint density at radius 2 is 2.08 bits per heavy atom. The molecule has 3 rings (SSSR count). The van der Waals surface area contributed by atoms with Gasteiger partial charge in [0.05, 0.1) is 17.2 Å². The molecule has 1 amide bonds. The van der Waals surface area contributed by atoms with E-state index in [0.29, 0.717) is 5.95 Å². The molecule has 7 nitrogen and oxygen atoms in total. The zero-order valence-electron chi connectivity index (χ0n) is 15.0. The number of carbonyl (C=O) groups excluding carboxylic acids is 1. The van der Waals surface area contributed by atoms with Gasteiger partial charge in [-0.15, -0.1) is 0 Å². The minimum absolute atomic E-state index is 0.152. The number of rotatable bonds is 5. The van der Waals surface area contributed by atoms with Gasteiger partial charge >= 0.3 is 0 Å². The van der Waals surface area contributed by atoms with E-state index in [0.717, 1.165) is 29.7 Å². The minimum Gasteiger partial charge on any atom is -0.351 e. The molecule has 0 bridgehead atoms. The summed E-state index contributed by atoms with van der Waals surface area (Å²) in [5, 5.41) is 9.74. The maximum Gasteiger partial charge on any atom is 0.296 e. The van der Waals surface area contributed by atoms with Gasteiger partial charge < -0.3 is 14.4 Å². The highest BCUT2D eigenvalue weighted by Crippen LogP contribution is 2.20. The van der Waals surface area contributed by atoms with Crippen molar-refractivity contribution < 1.29 is 9.32 Å². The third-order valence-corrected chi connectivity index (χ3v) is 3.82. The fourth-order valence-corrected chi connectivity index (χ4v) is 2.55. The summed E-state index contributed by atoms with van der Waals surface area (Å²) in [6.07, 6.45) is 1.43. The number of nitrogens with zero attached hydrogens (tertiary/aromatic N) is 3. The van der Waals surface area contributed by atoms with E-state index in [1.54, 1.807) is 0 Å². The minimum atomic E-state index is -0.372. The first-order valence-corrected chi connectivity index (χ1v) is 8.21. The van der Waals surface area contributed by atoms with Crippen molar-refractivity contribution in [3.63, 3.8) is 0 Å². The highest BCUT2D eigenvalue weighted by atomic mass is 16.5. The molecular formula is C18H23N5O2. The van der Waals surface area contributed by atoms with Gasteiger partial charge in [0, 0.05) is 26.2 Å². The summed E-state index contributed by atoms with van der Waals surface area (Å²) in [5.41, 5.74) is 3.19. The molecule has 3 aromatic rings. The smallest absolute Gasteiger partial charge is 0.296 e. The molecule has 1 aromatic carbocycles. The van der Waals surface area contributed by atoms with Crippen molar-refractivity contribution in [1.29, 1.82) is 0 Å². The van der Waals surface area contributed by atoms with Crippen molar-refractivity contribution in [1.82, 2.24) is 20.0 Å².